The number of halogens is 1. The van der Waals surface area contributed by atoms with Crippen LogP contribution in [0.2, 0.25) is 5.02 Å². The number of tetrazole rings is 1. The summed E-state index contributed by atoms with van der Waals surface area (Å²) >= 11 is 6.16. The monoisotopic (exact) mass is 448 g/mol. The standard InChI is InChI=1S/C24H25ClN6O/c1-24(2,3)31-23(27-28-29-31)22(15-8-10-16(25)11-9-15)30-13-12-18-17-6-4-5-7-19(17)26-20(18)14-21(30)32/h4-11,22,26H,12-14H2,1-3H3. The number of hydrogen-bond acceptors (Lipinski definition) is 4. The number of carbonyl (C=O) groups is 1. The van der Waals surface area contributed by atoms with Crippen molar-refractivity contribution in [2.24, 2.45) is 0 Å². The van der Waals surface area contributed by atoms with Crippen LogP contribution in [-0.2, 0) is 23.2 Å². The molecule has 1 amide bonds. The van der Waals surface area contributed by atoms with Gasteiger partial charge in [0.05, 0.1) is 12.0 Å². The van der Waals surface area contributed by atoms with Crippen LogP contribution in [0, 0.1) is 0 Å². The minimum atomic E-state index is -0.413. The molecule has 164 valence electrons. The molecule has 1 N–H and O–H groups in total. The average Bonchev–Trinajstić information content (AvgIpc) is 3.33. The fourth-order valence-electron chi connectivity index (χ4n) is 4.53. The van der Waals surface area contributed by atoms with Crippen LogP contribution in [0.25, 0.3) is 10.9 Å². The lowest BCUT2D eigenvalue weighted by atomic mass is 10.0. The van der Waals surface area contributed by atoms with E-state index >= 15 is 0 Å². The van der Waals surface area contributed by atoms with Crippen molar-refractivity contribution >= 4 is 28.4 Å². The first kappa shape index (κ1) is 20.7. The minimum absolute atomic E-state index is 0.0405. The predicted octanol–water partition coefficient (Wildman–Crippen LogP) is 4.28. The maximum absolute atomic E-state index is 13.6. The summed E-state index contributed by atoms with van der Waals surface area (Å²) in [6.07, 6.45) is 1.07. The maximum atomic E-state index is 13.6. The zero-order valence-electron chi connectivity index (χ0n) is 18.3. The van der Waals surface area contributed by atoms with Gasteiger partial charge in [0.2, 0.25) is 5.91 Å². The van der Waals surface area contributed by atoms with E-state index in [1.165, 1.54) is 10.9 Å². The van der Waals surface area contributed by atoms with E-state index in [9.17, 15) is 4.79 Å². The van der Waals surface area contributed by atoms with Crippen molar-refractivity contribution in [2.75, 3.05) is 6.54 Å². The van der Waals surface area contributed by atoms with E-state index < -0.39 is 6.04 Å². The van der Waals surface area contributed by atoms with E-state index in [0.29, 0.717) is 23.8 Å². The van der Waals surface area contributed by atoms with Gasteiger partial charge < -0.3 is 9.88 Å². The second kappa shape index (κ2) is 7.74. The summed E-state index contributed by atoms with van der Waals surface area (Å²) in [6.45, 7) is 6.71. The van der Waals surface area contributed by atoms with Gasteiger partial charge in [-0.15, -0.1) is 5.10 Å². The molecule has 0 radical (unpaired) electrons. The number of nitrogens with zero attached hydrogens (tertiary/aromatic N) is 5. The Labute approximate surface area is 191 Å². The average molecular weight is 449 g/mol. The first-order valence-corrected chi connectivity index (χ1v) is 11.1. The van der Waals surface area contributed by atoms with E-state index in [1.54, 1.807) is 4.68 Å². The van der Waals surface area contributed by atoms with Crippen LogP contribution in [0.1, 0.15) is 49.5 Å². The van der Waals surface area contributed by atoms with E-state index in [-0.39, 0.29) is 11.4 Å². The molecule has 32 heavy (non-hydrogen) atoms. The zero-order chi connectivity index (χ0) is 22.5. The van der Waals surface area contributed by atoms with Crippen molar-refractivity contribution in [2.45, 2.75) is 45.2 Å². The maximum Gasteiger partial charge on any atom is 0.229 e. The number of fused-ring (bicyclic) bond motifs is 3. The molecule has 1 aliphatic rings. The summed E-state index contributed by atoms with van der Waals surface area (Å²) in [5.41, 5.74) is 3.87. The molecule has 4 aromatic rings. The SMILES string of the molecule is CC(C)(C)n1nnnc1C(c1ccc(Cl)cc1)N1CCc2c([nH]c3ccccc23)CC1=O. The third-order valence-electron chi connectivity index (χ3n) is 6.02. The first-order chi connectivity index (χ1) is 15.3. The molecule has 0 aliphatic carbocycles. The molecule has 0 saturated carbocycles. The molecule has 8 heteroatoms. The lowest BCUT2D eigenvalue weighted by Gasteiger charge is -2.32. The fourth-order valence-corrected chi connectivity index (χ4v) is 4.66. The third kappa shape index (κ3) is 3.56. The Morgan fingerprint density at radius 1 is 1.09 bits per heavy atom. The van der Waals surface area contributed by atoms with Crippen LogP contribution in [0.3, 0.4) is 0 Å². The van der Waals surface area contributed by atoms with Gasteiger partial charge in [-0.2, -0.15) is 0 Å². The molecule has 0 bridgehead atoms. The highest BCUT2D eigenvalue weighted by Crippen LogP contribution is 2.34. The Kier molecular flexibility index (Phi) is 5.01. The molecule has 2 aromatic heterocycles. The number of hydrogen-bond donors (Lipinski definition) is 1. The highest BCUT2D eigenvalue weighted by molar-refractivity contribution is 6.30. The Balaban J connectivity index is 1.59. The summed E-state index contributed by atoms with van der Waals surface area (Å²) in [5.74, 6) is 0.683. The Morgan fingerprint density at radius 3 is 2.59 bits per heavy atom. The van der Waals surface area contributed by atoms with Gasteiger partial charge in [-0.25, -0.2) is 4.68 Å². The number of rotatable bonds is 3. The van der Waals surface area contributed by atoms with Crippen LogP contribution in [0.15, 0.2) is 48.5 Å². The summed E-state index contributed by atoms with van der Waals surface area (Å²) in [5, 5.41) is 14.4. The van der Waals surface area contributed by atoms with Gasteiger partial charge in [-0.3, -0.25) is 4.79 Å². The van der Waals surface area contributed by atoms with Crippen LogP contribution in [0.4, 0.5) is 0 Å². The molecule has 1 aliphatic heterocycles. The highest BCUT2D eigenvalue weighted by Gasteiger charge is 2.35. The van der Waals surface area contributed by atoms with Crippen molar-refractivity contribution < 1.29 is 4.79 Å². The van der Waals surface area contributed by atoms with E-state index in [1.807, 2.05) is 62.1 Å². The van der Waals surface area contributed by atoms with Gasteiger partial charge in [-0.1, -0.05) is 41.9 Å². The lowest BCUT2D eigenvalue weighted by Crippen LogP contribution is -2.39. The van der Waals surface area contributed by atoms with Gasteiger partial charge in [0, 0.05) is 28.2 Å². The number of H-pyrrole nitrogens is 1. The van der Waals surface area contributed by atoms with E-state index in [4.69, 9.17) is 11.6 Å². The van der Waals surface area contributed by atoms with Gasteiger partial charge >= 0.3 is 0 Å². The summed E-state index contributed by atoms with van der Waals surface area (Å²) in [7, 11) is 0. The largest absolute Gasteiger partial charge is 0.358 e. The minimum Gasteiger partial charge on any atom is -0.358 e. The van der Waals surface area contributed by atoms with Crippen LogP contribution < -0.4 is 0 Å². The first-order valence-electron chi connectivity index (χ1n) is 10.7. The Hall–Kier alpha value is -3.19. The molecule has 0 fully saturated rings. The van der Waals surface area contributed by atoms with Gasteiger partial charge in [0.15, 0.2) is 5.82 Å². The van der Waals surface area contributed by atoms with Crippen LogP contribution in [-0.4, -0.2) is 42.5 Å². The van der Waals surface area contributed by atoms with E-state index in [0.717, 1.165) is 23.2 Å². The molecule has 3 heterocycles. The Morgan fingerprint density at radius 2 is 1.84 bits per heavy atom. The quantitative estimate of drug-likeness (QED) is 0.507. The number of nitrogens with one attached hydrogen (secondary N) is 1. The van der Waals surface area contributed by atoms with E-state index in [2.05, 4.69) is 32.6 Å². The number of amides is 1. The molecule has 5 rings (SSSR count). The van der Waals surface area contributed by atoms with Crippen molar-refractivity contribution in [3.8, 4) is 0 Å². The zero-order valence-corrected chi connectivity index (χ0v) is 19.1. The molecule has 0 spiro atoms. The Bertz CT molecular complexity index is 1280. The highest BCUT2D eigenvalue weighted by atomic mass is 35.5. The smallest absolute Gasteiger partial charge is 0.229 e. The molecular weight excluding hydrogens is 424 g/mol. The summed E-state index contributed by atoms with van der Waals surface area (Å²) in [6, 6.07) is 15.4. The van der Waals surface area contributed by atoms with Crippen LogP contribution in [0.5, 0.6) is 0 Å². The second-order valence-corrected chi connectivity index (χ2v) is 9.65. The number of aromatic nitrogens is 5. The fraction of sp³-hybridized carbons (Fsp3) is 0.333. The number of benzene rings is 2. The normalized spacial score (nSPS) is 15.6. The molecule has 1 atom stereocenters. The molecule has 2 aromatic carbocycles. The van der Waals surface area contributed by atoms with Gasteiger partial charge in [0.1, 0.15) is 6.04 Å². The number of carbonyl (C=O) groups excluding carboxylic acids is 1. The van der Waals surface area contributed by atoms with Crippen LogP contribution >= 0.6 is 11.6 Å². The third-order valence-corrected chi connectivity index (χ3v) is 6.28. The van der Waals surface area contributed by atoms with Crippen molar-refractivity contribution in [3.05, 3.63) is 76.2 Å². The van der Waals surface area contributed by atoms with Gasteiger partial charge in [0.25, 0.3) is 0 Å². The molecular formula is C24H25ClN6O. The second-order valence-electron chi connectivity index (χ2n) is 9.22. The van der Waals surface area contributed by atoms with Crippen molar-refractivity contribution in [1.82, 2.24) is 30.1 Å². The van der Waals surface area contributed by atoms with Crippen molar-refractivity contribution in [3.63, 3.8) is 0 Å². The molecule has 0 saturated heterocycles. The molecule has 1 unspecified atom stereocenters. The summed E-state index contributed by atoms with van der Waals surface area (Å²) < 4.78 is 1.80. The summed E-state index contributed by atoms with van der Waals surface area (Å²) in [4.78, 5) is 18.9. The topological polar surface area (TPSA) is 79.7 Å². The van der Waals surface area contributed by atoms with Crippen molar-refractivity contribution in [1.29, 1.82) is 0 Å². The number of aromatic amines is 1. The molecule has 7 nitrogen and oxygen atoms in total. The van der Waals surface area contributed by atoms with Gasteiger partial charge in [-0.05, 0) is 66.9 Å². The lowest BCUT2D eigenvalue weighted by molar-refractivity contribution is -0.132. The predicted molar refractivity (Wildman–Crippen MR) is 124 cm³/mol. The number of para-hydroxylation sites is 1.